The van der Waals surface area contributed by atoms with Crippen LogP contribution in [0.2, 0.25) is 0 Å². The van der Waals surface area contributed by atoms with Crippen molar-refractivity contribution >= 4 is 20.1 Å². The van der Waals surface area contributed by atoms with E-state index in [2.05, 4.69) is 91.6 Å². The fourth-order valence-electron chi connectivity index (χ4n) is 3.77. The molecule has 3 rings (SSSR count). The highest BCUT2D eigenvalue weighted by Gasteiger charge is 2.30. The number of benzene rings is 3. The van der Waals surface area contributed by atoms with Gasteiger partial charge in [0.2, 0.25) is 0 Å². The molecule has 4 heteroatoms. The van der Waals surface area contributed by atoms with E-state index in [0.717, 1.165) is 18.6 Å². The number of nitrogens with zero attached hydrogens (tertiary/aromatic N) is 1. The van der Waals surface area contributed by atoms with Gasteiger partial charge in [0.05, 0.1) is 0 Å². The molecule has 31 heavy (non-hydrogen) atoms. The quantitative estimate of drug-likeness (QED) is 0.225. The highest BCUT2D eigenvalue weighted by molar-refractivity contribution is 7.48. The maximum absolute atomic E-state index is 6.21. The topological polar surface area (TPSA) is 30.8 Å². The summed E-state index contributed by atoms with van der Waals surface area (Å²) in [7, 11) is 4.08. The maximum atomic E-state index is 6.21. The Balaban J connectivity index is 2.04. The van der Waals surface area contributed by atoms with Crippen LogP contribution in [0, 0.1) is 0 Å². The third-order valence-electron chi connectivity index (χ3n) is 5.60. The van der Waals surface area contributed by atoms with Crippen LogP contribution < -0.4 is 10.0 Å². The maximum Gasteiger partial charge on any atom is 0.188 e. The lowest BCUT2D eigenvalue weighted by Gasteiger charge is -2.32. The molecule has 3 aromatic rings. The van der Waals surface area contributed by atoms with E-state index in [9.17, 15) is 0 Å². The van der Waals surface area contributed by atoms with Gasteiger partial charge in [0.25, 0.3) is 0 Å². The second-order valence-electron chi connectivity index (χ2n) is 7.79. The lowest BCUT2D eigenvalue weighted by Crippen LogP contribution is -2.22. The largest absolute Gasteiger partial charge is 0.467 e. The molecule has 2 unspecified atom stereocenters. The Labute approximate surface area is 188 Å². The number of para-hydroxylation sites is 1. The molecule has 0 spiro atoms. The molecule has 0 bridgehead atoms. The minimum absolute atomic E-state index is 0.0620. The third kappa shape index (κ3) is 5.81. The second-order valence-corrected chi connectivity index (χ2v) is 9.68. The Morgan fingerprint density at radius 3 is 2.42 bits per heavy atom. The highest BCUT2D eigenvalue weighted by Crippen LogP contribution is 2.48. The fraction of sp³-hybridized carbons (Fsp3) is 0.296. The Kier molecular flexibility index (Phi) is 8.40. The van der Waals surface area contributed by atoms with E-state index in [-0.39, 0.29) is 11.9 Å². The zero-order chi connectivity index (χ0) is 22.1. The van der Waals surface area contributed by atoms with Crippen LogP contribution in [0.1, 0.15) is 42.5 Å². The van der Waals surface area contributed by atoms with Crippen molar-refractivity contribution in [2.75, 3.05) is 21.0 Å². The normalized spacial score (nSPS) is 13.7. The smallest absolute Gasteiger partial charge is 0.188 e. The number of aliphatic imine (C=N–C) groups is 1. The van der Waals surface area contributed by atoms with E-state index in [1.807, 2.05) is 13.3 Å². The van der Waals surface area contributed by atoms with Crippen molar-refractivity contribution in [2.45, 2.75) is 31.8 Å². The Morgan fingerprint density at radius 2 is 1.71 bits per heavy atom. The molecule has 0 radical (unpaired) electrons. The molecule has 3 nitrogen and oxygen atoms in total. The average Bonchev–Trinajstić information content (AvgIpc) is 2.80. The summed E-state index contributed by atoms with van der Waals surface area (Å²) < 4.78 is 11.5. The van der Waals surface area contributed by atoms with Crippen molar-refractivity contribution in [2.24, 2.45) is 4.99 Å². The summed E-state index contributed by atoms with van der Waals surface area (Å²) in [5.74, 6) is 0.951. The predicted octanol–water partition coefficient (Wildman–Crippen LogP) is 5.94. The van der Waals surface area contributed by atoms with Gasteiger partial charge in [-0.1, -0.05) is 95.2 Å². The minimum Gasteiger partial charge on any atom is -0.467 e. The standard InChI is InChI=1S/C27H32NO2P/c1-5-27(2,31-25-17-10-9-14-23(25)19-28-3)24-16-11-15-22(26(24)30-20-29-4)18-21-12-7-6-8-13-21/h6-17,19,31H,5,18,20H2,1-4H3. The van der Waals surface area contributed by atoms with Gasteiger partial charge in [-0.15, -0.1) is 0 Å². The highest BCUT2D eigenvalue weighted by atomic mass is 31.1. The van der Waals surface area contributed by atoms with E-state index in [4.69, 9.17) is 9.47 Å². The zero-order valence-electron chi connectivity index (χ0n) is 18.9. The summed E-state index contributed by atoms with van der Waals surface area (Å²) in [4.78, 5) is 4.25. The van der Waals surface area contributed by atoms with E-state index in [0.29, 0.717) is 8.58 Å². The molecule has 0 saturated carbocycles. The summed E-state index contributed by atoms with van der Waals surface area (Å²) in [6.45, 7) is 4.83. The number of ether oxygens (including phenoxy) is 2. The molecule has 2 atom stereocenters. The summed E-state index contributed by atoms with van der Waals surface area (Å²) in [6, 6.07) is 25.6. The van der Waals surface area contributed by atoms with Crippen LogP contribution in [0.25, 0.3) is 0 Å². The summed E-state index contributed by atoms with van der Waals surface area (Å²) >= 11 is 0. The van der Waals surface area contributed by atoms with Crippen LogP contribution in [0.5, 0.6) is 5.75 Å². The lowest BCUT2D eigenvalue weighted by molar-refractivity contribution is 0.0494. The van der Waals surface area contributed by atoms with Crippen molar-refractivity contribution in [1.82, 2.24) is 0 Å². The van der Waals surface area contributed by atoms with Crippen LogP contribution in [0.3, 0.4) is 0 Å². The minimum atomic E-state index is -0.0620. The molecule has 0 aromatic heterocycles. The van der Waals surface area contributed by atoms with Crippen molar-refractivity contribution < 1.29 is 9.47 Å². The lowest BCUT2D eigenvalue weighted by atomic mass is 9.92. The molecule has 0 saturated heterocycles. The van der Waals surface area contributed by atoms with Crippen LogP contribution >= 0.6 is 8.58 Å². The first-order valence-corrected chi connectivity index (χ1v) is 11.7. The molecule has 0 fully saturated rings. The van der Waals surface area contributed by atoms with E-state index < -0.39 is 0 Å². The van der Waals surface area contributed by atoms with Gasteiger partial charge in [-0.25, -0.2) is 0 Å². The van der Waals surface area contributed by atoms with Crippen molar-refractivity contribution in [3.63, 3.8) is 0 Å². The van der Waals surface area contributed by atoms with Gasteiger partial charge < -0.3 is 9.47 Å². The number of methoxy groups -OCH3 is 1. The number of hydrogen-bond acceptors (Lipinski definition) is 3. The molecule has 0 aliphatic carbocycles. The van der Waals surface area contributed by atoms with Crippen LogP contribution in [0.15, 0.2) is 77.8 Å². The van der Waals surface area contributed by atoms with Crippen molar-refractivity contribution in [3.8, 4) is 5.75 Å². The van der Waals surface area contributed by atoms with E-state index in [1.54, 1.807) is 7.11 Å². The SMILES string of the molecule is CCC(C)(Pc1ccccc1C=NC)c1cccc(Cc2ccccc2)c1OCOC. The molecule has 0 heterocycles. The first kappa shape index (κ1) is 23.2. The van der Waals surface area contributed by atoms with Gasteiger partial charge in [-0.05, 0) is 28.4 Å². The fourth-order valence-corrected chi connectivity index (χ4v) is 5.34. The zero-order valence-corrected chi connectivity index (χ0v) is 19.9. The molecule has 0 N–H and O–H groups in total. The van der Waals surface area contributed by atoms with E-state index >= 15 is 0 Å². The van der Waals surface area contributed by atoms with Gasteiger partial charge in [-0.3, -0.25) is 4.99 Å². The van der Waals surface area contributed by atoms with Gasteiger partial charge in [0.15, 0.2) is 6.79 Å². The summed E-state index contributed by atoms with van der Waals surface area (Å²) in [5, 5.41) is 1.26. The molecule has 162 valence electrons. The van der Waals surface area contributed by atoms with E-state index in [1.165, 1.54) is 27.6 Å². The molecule has 0 aliphatic heterocycles. The van der Waals surface area contributed by atoms with Gasteiger partial charge >= 0.3 is 0 Å². The first-order chi connectivity index (χ1) is 15.1. The summed E-state index contributed by atoms with van der Waals surface area (Å²) in [6.07, 6.45) is 3.78. The van der Waals surface area contributed by atoms with Gasteiger partial charge in [0, 0.05) is 37.5 Å². The predicted molar refractivity (Wildman–Crippen MR) is 134 cm³/mol. The van der Waals surface area contributed by atoms with Gasteiger partial charge in [0.1, 0.15) is 5.75 Å². The van der Waals surface area contributed by atoms with Crippen LogP contribution in [-0.4, -0.2) is 27.2 Å². The molecule has 0 amide bonds. The van der Waals surface area contributed by atoms with Crippen LogP contribution in [-0.2, 0) is 16.3 Å². The Morgan fingerprint density at radius 1 is 0.968 bits per heavy atom. The summed E-state index contributed by atoms with van der Waals surface area (Å²) in [5.41, 5.74) is 4.88. The van der Waals surface area contributed by atoms with Gasteiger partial charge in [-0.2, -0.15) is 0 Å². The molecule has 0 aliphatic rings. The Bertz CT molecular complexity index is 1000. The molecular formula is C27H32NO2P. The third-order valence-corrected chi connectivity index (χ3v) is 7.50. The average molecular weight is 434 g/mol. The monoisotopic (exact) mass is 433 g/mol. The first-order valence-electron chi connectivity index (χ1n) is 10.7. The second kappa shape index (κ2) is 11.2. The van der Waals surface area contributed by atoms with Crippen molar-refractivity contribution in [3.05, 3.63) is 95.1 Å². The Hall–Kier alpha value is -2.48. The number of rotatable bonds is 10. The van der Waals surface area contributed by atoms with Crippen LogP contribution in [0.4, 0.5) is 0 Å². The number of hydrogen-bond donors (Lipinski definition) is 0. The van der Waals surface area contributed by atoms with Crippen molar-refractivity contribution in [1.29, 1.82) is 0 Å². The molecular weight excluding hydrogens is 401 g/mol. The molecule has 3 aromatic carbocycles.